The third-order valence-electron chi connectivity index (χ3n) is 4.70. The van der Waals surface area contributed by atoms with Crippen molar-refractivity contribution in [1.82, 2.24) is 20.2 Å². The number of thiazole rings is 1. The summed E-state index contributed by atoms with van der Waals surface area (Å²) < 4.78 is 6.16. The van der Waals surface area contributed by atoms with Crippen LogP contribution in [0.2, 0.25) is 0 Å². The Bertz CT molecular complexity index is 975. The minimum absolute atomic E-state index is 0.387. The molecule has 24 heavy (non-hydrogen) atoms. The number of benzene rings is 2. The second-order valence-corrected chi connectivity index (χ2v) is 7.26. The molecule has 4 aromatic rings. The van der Waals surface area contributed by atoms with Crippen molar-refractivity contribution in [2.75, 3.05) is 6.54 Å². The van der Waals surface area contributed by atoms with Gasteiger partial charge in [0.25, 0.3) is 0 Å². The second-order valence-electron chi connectivity index (χ2n) is 6.20. The van der Waals surface area contributed by atoms with Gasteiger partial charge in [0.05, 0.1) is 16.3 Å². The molecule has 2 aromatic heterocycles. The summed E-state index contributed by atoms with van der Waals surface area (Å²) in [6, 6.07) is 14.8. The molecule has 1 aliphatic rings. The average molecular weight is 336 g/mol. The minimum Gasteiger partial charge on any atom is -0.290 e. The Hall–Kier alpha value is -2.31. The molecule has 0 radical (unpaired) electrons. The zero-order valence-corrected chi connectivity index (χ0v) is 13.9. The van der Waals surface area contributed by atoms with Crippen LogP contribution in [0.15, 0.2) is 47.1 Å². The van der Waals surface area contributed by atoms with Gasteiger partial charge >= 0.3 is 0 Å². The van der Waals surface area contributed by atoms with E-state index in [9.17, 15) is 0 Å². The Balaban J connectivity index is 1.48. The molecule has 5 nitrogen and oxygen atoms in total. The van der Waals surface area contributed by atoms with Gasteiger partial charge in [0.1, 0.15) is 16.0 Å². The van der Waals surface area contributed by atoms with Gasteiger partial charge in [0, 0.05) is 6.54 Å². The highest BCUT2D eigenvalue weighted by molar-refractivity contribution is 7.18. The van der Waals surface area contributed by atoms with Crippen LogP contribution >= 0.6 is 11.3 Å². The van der Waals surface area contributed by atoms with E-state index in [2.05, 4.69) is 45.5 Å². The van der Waals surface area contributed by atoms with Crippen molar-refractivity contribution in [3.8, 4) is 0 Å². The quantitative estimate of drug-likeness (QED) is 0.562. The topological polar surface area (TPSA) is 55.1 Å². The molecule has 5 rings (SSSR count). The van der Waals surface area contributed by atoms with E-state index in [0.29, 0.717) is 6.04 Å². The first-order valence-electron chi connectivity index (χ1n) is 8.18. The summed E-state index contributed by atoms with van der Waals surface area (Å²) in [4.78, 5) is 7.37. The lowest BCUT2D eigenvalue weighted by atomic mass is 10.1. The molecule has 1 unspecified atom stereocenters. The maximum Gasteiger partial charge on any atom is 0.139 e. The fraction of sp³-hybridized carbons (Fsp3) is 0.278. The van der Waals surface area contributed by atoms with E-state index in [1.807, 2.05) is 23.5 Å². The number of rotatable bonds is 3. The van der Waals surface area contributed by atoms with Gasteiger partial charge in [-0.05, 0) is 53.5 Å². The minimum atomic E-state index is 0.387. The molecule has 120 valence electrons. The lowest BCUT2D eigenvalue weighted by Gasteiger charge is -2.22. The SMILES string of the molecule is c1ccc2sc(C3CCCN3Cc3cccc4nonc34)nc2c1. The lowest BCUT2D eigenvalue weighted by molar-refractivity contribution is 0.248. The molecule has 0 aliphatic carbocycles. The Kier molecular flexibility index (Phi) is 3.31. The molecule has 0 saturated carbocycles. The molecule has 3 heterocycles. The normalized spacial score (nSPS) is 18.8. The molecule has 0 N–H and O–H groups in total. The highest BCUT2D eigenvalue weighted by Gasteiger charge is 2.29. The largest absolute Gasteiger partial charge is 0.290 e. The van der Waals surface area contributed by atoms with Crippen LogP contribution in [0, 0.1) is 0 Å². The van der Waals surface area contributed by atoms with Crippen LogP contribution in [-0.4, -0.2) is 26.7 Å². The van der Waals surface area contributed by atoms with Gasteiger partial charge in [-0.2, -0.15) is 0 Å². The van der Waals surface area contributed by atoms with E-state index in [4.69, 9.17) is 9.61 Å². The maximum absolute atomic E-state index is 4.89. The van der Waals surface area contributed by atoms with Gasteiger partial charge in [-0.25, -0.2) is 9.61 Å². The zero-order valence-electron chi connectivity index (χ0n) is 13.1. The molecule has 1 aliphatic heterocycles. The second kappa shape index (κ2) is 5.65. The molecule has 1 saturated heterocycles. The standard InChI is InChI=1S/C18H16N4OS/c1-2-9-16-13(6-1)19-18(24-16)15-8-4-10-22(15)11-12-5-3-7-14-17(12)21-23-20-14/h1-3,5-7,9,15H,4,8,10-11H2. The van der Waals surface area contributed by atoms with Crippen molar-refractivity contribution in [2.24, 2.45) is 0 Å². The first-order valence-corrected chi connectivity index (χ1v) is 9.00. The monoisotopic (exact) mass is 336 g/mol. The Labute approximate surface area is 142 Å². The van der Waals surface area contributed by atoms with Crippen molar-refractivity contribution in [2.45, 2.75) is 25.4 Å². The number of hydrogen-bond acceptors (Lipinski definition) is 6. The van der Waals surface area contributed by atoms with Gasteiger partial charge in [0.2, 0.25) is 0 Å². The molecule has 0 amide bonds. The van der Waals surface area contributed by atoms with E-state index in [1.54, 1.807) is 0 Å². The number of hydrogen-bond donors (Lipinski definition) is 0. The van der Waals surface area contributed by atoms with E-state index in [0.717, 1.165) is 36.1 Å². The van der Waals surface area contributed by atoms with Crippen molar-refractivity contribution in [1.29, 1.82) is 0 Å². The molecule has 1 fully saturated rings. The third kappa shape index (κ3) is 2.30. The first-order chi connectivity index (χ1) is 11.9. The predicted molar refractivity (Wildman–Crippen MR) is 93.8 cm³/mol. The summed E-state index contributed by atoms with van der Waals surface area (Å²) in [6.45, 7) is 1.94. The molecular formula is C18H16N4OS. The van der Waals surface area contributed by atoms with Crippen molar-refractivity contribution in [3.63, 3.8) is 0 Å². The van der Waals surface area contributed by atoms with Crippen LogP contribution in [0.4, 0.5) is 0 Å². The summed E-state index contributed by atoms with van der Waals surface area (Å²) in [5, 5.41) is 9.23. The van der Waals surface area contributed by atoms with Crippen LogP contribution in [0.1, 0.15) is 29.5 Å². The summed E-state index contributed by atoms with van der Waals surface area (Å²) in [7, 11) is 0. The van der Waals surface area contributed by atoms with Crippen LogP contribution in [-0.2, 0) is 6.54 Å². The third-order valence-corrected chi connectivity index (χ3v) is 5.84. The zero-order chi connectivity index (χ0) is 15.9. The summed E-state index contributed by atoms with van der Waals surface area (Å²) in [5.41, 5.74) is 3.96. The fourth-order valence-electron chi connectivity index (χ4n) is 3.54. The molecular weight excluding hydrogens is 320 g/mol. The summed E-state index contributed by atoms with van der Waals surface area (Å²) >= 11 is 1.81. The predicted octanol–water partition coefficient (Wildman–Crippen LogP) is 4.17. The smallest absolute Gasteiger partial charge is 0.139 e. The molecule has 0 spiro atoms. The van der Waals surface area contributed by atoms with Crippen LogP contribution < -0.4 is 0 Å². The molecule has 0 bridgehead atoms. The highest BCUT2D eigenvalue weighted by atomic mass is 32.1. The van der Waals surface area contributed by atoms with Crippen molar-refractivity contribution >= 4 is 32.6 Å². The van der Waals surface area contributed by atoms with Gasteiger partial charge in [-0.15, -0.1) is 11.3 Å². The van der Waals surface area contributed by atoms with E-state index in [1.165, 1.54) is 21.7 Å². The Morgan fingerprint density at radius 2 is 2.00 bits per heavy atom. The Morgan fingerprint density at radius 3 is 2.96 bits per heavy atom. The maximum atomic E-state index is 4.89. The van der Waals surface area contributed by atoms with Crippen molar-refractivity contribution < 1.29 is 4.63 Å². The summed E-state index contributed by atoms with van der Waals surface area (Å²) in [5.74, 6) is 0. The van der Waals surface area contributed by atoms with Gasteiger partial charge in [-0.1, -0.05) is 24.3 Å². The van der Waals surface area contributed by atoms with E-state index < -0.39 is 0 Å². The fourth-order valence-corrected chi connectivity index (χ4v) is 4.67. The van der Waals surface area contributed by atoms with Gasteiger partial charge in [0.15, 0.2) is 0 Å². The average Bonchev–Trinajstić information content (AvgIpc) is 3.33. The molecule has 6 heteroatoms. The van der Waals surface area contributed by atoms with E-state index >= 15 is 0 Å². The number of fused-ring (bicyclic) bond motifs is 2. The van der Waals surface area contributed by atoms with Gasteiger partial charge < -0.3 is 0 Å². The Morgan fingerprint density at radius 1 is 1.08 bits per heavy atom. The van der Waals surface area contributed by atoms with Crippen molar-refractivity contribution in [3.05, 3.63) is 53.0 Å². The number of nitrogens with zero attached hydrogens (tertiary/aromatic N) is 4. The molecule has 2 aromatic carbocycles. The van der Waals surface area contributed by atoms with Crippen LogP contribution in [0.5, 0.6) is 0 Å². The summed E-state index contributed by atoms with van der Waals surface area (Å²) in [6.07, 6.45) is 2.36. The van der Waals surface area contributed by atoms with Crippen LogP contribution in [0.25, 0.3) is 21.3 Å². The first kappa shape index (κ1) is 14.1. The molecule has 1 atom stereocenters. The lowest BCUT2D eigenvalue weighted by Crippen LogP contribution is -2.22. The van der Waals surface area contributed by atoms with E-state index in [-0.39, 0.29) is 0 Å². The number of para-hydroxylation sites is 1. The van der Waals surface area contributed by atoms with Gasteiger partial charge in [-0.3, -0.25) is 4.90 Å². The van der Waals surface area contributed by atoms with Crippen LogP contribution in [0.3, 0.4) is 0 Å². The number of aromatic nitrogens is 3. The highest BCUT2D eigenvalue weighted by Crippen LogP contribution is 2.37. The number of likely N-dealkylation sites (tertiary alicyclic amines) is 1.